The van der Waals surface area contributed by atoms with Gasteiger partial charge in [-0.3, -0.25) is 9.69 Å². The van der Waals surface area contributed by atoms with E-state index >= 15 is 0 Å². The second kappa shape index (κ2) is 9.48. The number of rotatable bonds is 6. The molecule has 4 aliphatic rings. The van der Waals surface area contributed by atoms with Gasteiger partial charge in [-0.1, -0.05) is 6.07 Å². The third-order valence-electron chi connectivity index (χ3n) is 7.38. The molecule has 0 radical (unpaired) electrons. The highest BCUT2D eigenvalue weighted by Crippen LogP contribution is 2.48. The molecule has 12 heteroatoms. The van der Waals surface area contributed by atoms with E-state index in [0.717, 1.165) is 42.8 Å². The Bertz CT molecular complexity index is 1020. The van der Waals surface area contributed by atoms with E-state index in [0.29, 0.717) is 31.6 Å². The SMILES string of the molecule is Cl.O=C1C2C3CCC(O3)C2S(=O)(=O)N1CCCCN1CCN(c2cccc(C(F)(F)F)c2)CC1. The first kappa shape index (κ1) is 25.5. The minimum atomic E-state index is -4.35. The van der Waals surface area contributed by atoms with Gasteiger partial charge in [-0.15, -0.1) is 12.4 Å². The number of nitrogens with zero attached hydrogens (tertiary/aromatic N) is 3. The number of halogens is 4. The van der Waals surface area contributed by atoms with Crippen LogP contribution in [0.3, 0.4) is 0 Å². The van der Waals surface area contributed by atoms with Gasteiger partial charge in [0.25, 0.3) is 0 Å². The van der Waals surface area contributed by atoms with Crippen molar-refractivity contribution in [2.24, 2.45) is 5.92 Å². The van der Waals surface area contributed by atoms with Gasteiger partial charge in [0, 0.05) is 38.4 Å². The van der Waals surface area contributed by atoms with Crippen LogP contribution in [0.4, 0.5) is 18.9 Å². The highest BCUT2D eigenvalue weighted by molar-refractivity contribution is 7.90. The quantitative estimate of drug-likeness (QED) is 0.534. The standard InChI is InChI=1S/C22H28F3N3O4S.ClH/c23-22(24,25)15-4-3-5-16(14-15)27-12-10-26(11-13-27)8-1-2-9-28-21(29)19-17-6-7-18(32-17)20(19)33(28,30)31;/h3-5,14,17-20H,1-2,6-13H2;1H. The molecule has 0 N–H and O–H groups in total. The summed E-state index contributed by atoms with van der Waals surface area (Å²) < 4.78 is 71.4. The highest BCUT2D eigenvalue weighted by Gasteiger charge is 2.65. The molecule has 0 aliphatic carbocycles. The molecule has 4 heterocycles. The predicted molar refractivity (Wildman–Crippen MR) is 122 cm³/mol. The van der Waals surface area contributed by atoms with Crippen molar-refractivity contribution in [1.82, 2.24) is 9.21 Å². The molecule has 5 rings (SSSR count). The third-order valence-corrected chi connectivity index (χ3v) is 9.65. The molecule has 0 aromatic heterocycles. The van der Waals surface area contributed by atoms with Crippen molar-refractivity contribution in [3.63, 3.8) is 0 Å². The second-order valence-electron chi connectivity index (χ2n) is 9.32. The van der Waals surface area contributed by atoms with E-state index in [1.54, 1.807) is 6.07 Å². The first-order valence-electron chi connectivity index (χ1n) is 11.5. The summed E-state index contributed by atoms with van der Waals surface area (Å²) in [6, 6.07) is 5.40. The molecule has 2 bridgehead atoms. The molecule has 0 spiro atoms. The Morgan fingerprint density at radius 1 is 1.00 bits per heavy atom. The molecule has 0 saturated carbocycles. The maximum atomic E-state index is 13.0. The number of benzene rings is 1. The van der Waals surface area contributed by atoms with Crippen molar-refractivity contribution >= 4 is 34.0 Å². The number of hydrogen-bond donors (Lipinski definition) is 0. The van der Waals surface area contributed by atoms with Gasteiger partial charge in [-0.25, -0.2) is 12.7 Å². The molecule has 190 valence electrons. The number of carbonyl (C=O) groups is 1. The van der Waals surface area contributed by atoms with E-state index < -0.39 is 32.9 Å². The van der Waals surface area contributed by atoms with Gasteiger partial charge in [0.1, 0.15) is 5.25 Å². The number of alkyl halides is 3. The normalized spacial score (nSPS) is 30.5. The summed E-state index contributed by atoms with van der Waals surface area (Å²) in [5, 5.41) is -0.701. The first-order valence-corrected chi connectivity index (χ1v) is 13.0. The molecule has 1 aromatic carbocycles. The van der Waals surface area contributed by atoms with E-state index in [2.05, 4.69) is 4.90 Å². The van der Waals surface area contributed by atoms with Gasteiger partial charge in [0.15, 0.2) is 0 Å². The van der Waals surface area contributed by atoms with E-state index in [1.165, 1.54) is 12.1 Å². The number of unbranched alkanes of at least 4 members (excludes halogenated alkanes) is 1. The van der Waals surface area contributed by atoms with E-state index in [-0.39, 0.29) is 37.1 Å². The van der Waals surface area contributed by atoms with Crippen LogP contribution in [0.1, 0.15) is 31.2 Å². The minimum absolute atomic E-state index is 0. The molecule has 1 amide bonds. The summed E-state index contributed by atoms with van der Waals surface area (Å²) in [5.41, 5.74) is -0.0664. The van der Waals surface area contributed by atoms with Gasteiger partial charge in [-0.2, -0.15) is 13.2 Å². The number of hydrogen-bond acceptors (Lipinski definition) is 6. The van der Waals surface area contributed by atoms with Crippen molar-refractivity contribution in [2.75, 3.05) is 44.2 Å². The van der Waals surface area contributed by atoms with Crippen molar-refractivity contribution in [2.45, 2.75) is 49.3 Å². The zero-order valence-corrected chi connectivity index (χ0v) is 20.2. The summed E-state index contributed by atoms with van der Waals surface area (Å²) in [5.74, 6) is -0.834. The van der Waals surface area contributed by atoms with Crippen LogP contribution in [0.25, 0.3) is 0 Å². The Hall–Kier alpha value is -1.56. The van der Waals surface area contributed by atoms with E-state index in [4.69, 9.17) is 4.74 Å². The number of ether oxygens (including phenoxy) is 1. The lowest BCUT2D eigenvalue weighted by Gasteiger charge is -2.36. The molecular formula is C22H29ClF3N3O4S. The molecule has 7 nitrogen and oxygen atoms in total. The minimum Gasteiger partial charge on any atom is -0.373 e. The van der Waals surface area contributed by atoms with Crippen molar-refractivity contribution in [1.29, 1.82) is 0 Å². The average molecular weight is 524 g/mol. The third kappa shape index (κ3) is 4.52. The number of fused-ring (bicyclic) bond motifs is 5. The van der Waals surface area contributed by atoms with Crippen LogP contribution >= 0.6 is 12.4 Å². The Morgan fingerprint density at radius 3 is 2.35 bits per heavy atom. The van der Waals surface area contributed by atoms with Crippen LogP contribution in [-0.4, -0.2) is 80.3 Å². The van der Waals surface area contributed by atoms with E-state index in [9.17, 15) is 26.4 Å². The van der Waals surface area contributed by atoms with Gasteiger partial charge >= 0.3 is 6.18 Å². The summed E-state index contributed by atoms with van der Waals surface area (Å²) in [7, 11) is -3.64. The lowest BCUT2D eigenvalue weighted by atomic mass is 9.88. The summed E-state index contributed by atoms with van der Waals surface area (Å²) >= 11 is 0. The van der Waals surface area contributed by atoms with Crippen LogP contribution in [0.5, 0.6) is 0 Å². The molecule has 4 saturated heterocycles. The fourth-order valence-corrected chi connectivity index (χ4v) is 7.99. The smallest absolute Gasteiger partial charge is 0.373 e. The Labute approximate surface area is 203 Å². The number of carbonyl (C=O) groups excluding carboxylic acids is 1. The van der Waals surface area contributed by atoms with Crippen LogP contribution in [-0.2, 0) is 25.7 Å². The number of piperazine rings is 1. The van der Waals surface area contributed by atoms with Crippen LogP contribution in [0, 0.1) is 5.92 Å². The molecule has 4 unspecified atom stereocenters. The van der Waals surface area contributed by atoms with Crippen LogP contribution in [0.2, 0.25) is 0 Å². The zero-order chi connectivity index (χ0) is 23.4. The number of anilines is 1. The van der Waals surface area contributed by atoms with Crippen molar-refractivity contribution in [3.8, 4) is 0 Å². The Kier molecular flexibility index (Phi) is 7.12. The fourth-order valence-electron chi connectivity index (χ4n) is 5.69. The monoisotopic (exact) mass is 523 g/mol. The second-order valence-corrected chi connectivity index (χ2v) is 11.3. The molecule has 4 aliphatic heterocycles. The molecule has 1 aromatic rings. The first-order chi connectivity index (χ1) is 15.7. The van der Waals surface area contributed by atoms with Gasteiger partial charge in [0.05, 0.1) is 23.7 Å². The predicted octanol–water partition coefficient (Wildman–Crippen LogP) is 2.75. The Balaban J connectivity index is 0.00000274. The number of amides is 1. The fraction of sp³-hybridized carbons (Fsp3) is 0.682. The van der Waals surface area contributed by atoms with E-state index in [1.807, 2.05) is 4.90 Å². The van der Waals surface area contributed by atoms with Gasteiger partial charge in [0.2, 0.25) is 15.9 Å². The van der Waals surface area contributed by atoms with Crippen LogP contribution < -0.4 is 4.90 Å². The summed E-state index contributed by atoms with van der Waals surface area (Å²) in [6.45, 7) is 3.68. The van der Waals surface area contributed by atoms with Crippen LogP contribution in [0.15, 0.2) is 24.3 Å². The highest BCUT2D eigenvalue weighted by atomic mass is 35.5. The number of sulfonamides is 1. The molecular weight excluding hydrogens is 495 g/mol. The molecule has 4 fully saturated rings. The average Bonchev–Trinajstić information content (AvgIpc) is 3.45. The van der Waals surface area contributed by atoms with Gasteiger partial charge < -0.3 is 9.64 Å². The maximum Gasteiger partial charge on any atom is 0.416 e. The topological polar surface area (TPSA) is 70.2 Å². The van der Waals surface area contributed by atoms with Gasteiger partial charge in [-0.05, 0) is 50.4 Å². The lowest BCUT2D eigenvalue weighted by Crippen LogP contribution is -2.46. The lowest BCUT2D eigenvalue weighted by molar-refractivity contribution is -0.137. The Morgan fingerprint density at radius 2 is 1.68 bits per heavy atom. The maximum absolute atomic E-state index is 13.0. The van der Waals surface area contributed by atoms with Crippen molar-refractivity contribution < 1.29 is 31.1 Å². The molecule has 34 heavy (non-hydrogen) atoms. The summed E-state index contributed by atoms with van der Waals surface area (Å²) in [6.07, 6.45) is -2.14. The summed E-state index contributed by atoms with van der Waals surface area (Å²) in [4.78, 5) is 16.9. The van der Waals surface area contributed by atoms with Crippen molar-refractivity contribution in [3.05, 3.63) is 29.8 Å². The largest absolute Gasteiger partial charge is 0.416 e. The zero-order valence-electron chi connectivity index (χ0n) is 18.6. The molecule has 4 atom stereocenters.